The Morgan fingerprint density at radius 1 is 0.525 bits per heavy atom. The largest absolute Gasteiger partial charge is 0.481 e. The number of rotatable bonds is 28. The molecule has 0 radical (unpaired) electrons. The van der Waals surface area contributed by atoms with Crippen LogP contribution in [-0.2, 0) is 14.4 Å². The number of hydrogen-bond acceptors (Lipinski definition) is 3. The maximum atomic E-state index is 11.5. The van der Waals surface area contributed by atoms with Crippen molar-refractivity contribution < 1.29 is 34.2 Å². The monoisotopic (exact) mass is 568 g/mol. The minimum Gasteiger partial charge on any atom is -0.481 e. The molecule has 0 rings (SSSR count). The maximum Gasteiger partial charge on any atom is 0.306 e. The summed E-state index contributed by atoms with van der Waals surface area (Å²) in [5, 5.41) is 28.3. The van der Waals surface area contributed by atoms with E-state index in [1.807, 2.05) is 0 Å². The van der Waals surface area contributed by atoms with Crippen molar-refractivity contribution in [3.8, 4) is 0 Å². The van der Waals surface area contributed by atoms with Gasteiger partial charge < -0.3 is 19.8 Å². The van der Waals surface area contributed by atoms with Gasteiger partial charge in [0, 0.05) is 19.3 Å². The quantitative estimate of drug-likeness (QED) is 0.0498. The lowest BCUT2D eigenvalue weighted by Crippen LogP contribution is -2.52. The average molecular weight is 569 g/mol. The van der Waals surface area contributed by atoms with E-state index in [1.54, 1.807) is 20.8 Å². The topological polar surface area (TPSA) is 112 Å². The van der Waals surface area contributed by atoms with Crippen molar-refractivity contribution in [2.75, 3.05) is 26.2 Å². The molecule has 234 valence electrons. The van der Waals surface area contributed by atoms with Gasteiger partial charge in [0.15, 0.2) is 0 Å². The zero-order chi connectivity index (χ0) is 30.2. The summed E-state index contributed by atoms with van der Waals surface area (Å²) < 4.78 is 0.610. The Balaban J connectivity index is 4.65. The fourth-order valence-electron chi connectivity index (χ4n) is 5.14. The summed E-state index contributed by atoms with van der Waals surface area (Å²) in [6, 6.07) is 0. The molecule has 0 spiro atoms. The van der Waals surface area contributed by atoms with Crippen LogP contribution in [0.3, 0.4) is 0 Å². The van der Waals surface area contributed by atoms with Crippen LogP contribution in [0.1, 0.15) is 137 Å². The van der Waals surface area contributed by atoms with Gasteiger partial charge in [0.1, 0.15) is 0 Å². The van der Waals surface area contributed by atoms with Crippen LogP contribution in [0.4, 0.5) is 0 Å². The van der Waals surface area contributed by atoms with Crippen LogP contribution in [0.15, 0.2) is 12.2 Å². The average Bonchev–Trinajstić information content (AvgIpc) is 2.92. The molecule has 0 aliphatic carbocycles. The van der Waals surface area contributed by atoms with Gasteiger partial charge in [-0.3, -0.25) is 14.4 Å². The van der Waals surface area contributed by atoms with Gasteiger partial charge in [-0.2, -0.15) is 0 Å². The van der Waals surface area contributed by atoms with Gasteiger partial charge in [-0.25, -0.2) is 0 Å². The maximum absolute atomic E-state index is 11.5. The third-order valence-electron chi connectivity index (χ3n) is 8.52. The molecular weight excluding hydrogens is 506 g/mol. The van der Waals surface area contributed by atoms with Gasteiger partial charge in [0.25, 0.3) is 0 Å². The number of carboxylic acid groups (broad SMARTS) is 3. The Labute approximate surface area is 245 Å². The molecule has 3 unspecified atom stereocenters. The Bertz CT molecular complexity index is 647. The zero-order valence-corrected chi connectivity index (χ0v) is 26.2. The Hall–Kier alpha value is -1.89. The molecule has 3 N–H and O–H groups in total. The number of allylic oxidation sites excluding steroid dienone is 2. The molecule has 0 aliphatic rings. The van der Waals surface area contributed by atoms with Crippen molar-refractivity contribution in [1.29, 1.82) is 0 Å². The fraction of sp³-hybridized carbons (Fsp3) is 0.848. The molecule has 0 heterocycles. The van der Waals surface area contributed by atoms with Gasteiger partial charge in [-0.15, -0.1) is 0 Å². The highest BCUT2D eigenvalue weighted by molar-refractivity contribution is 5.70. The lowest BCUT2D eigenvalue weighted by atomic mass is 10.0. The molecule has 0 aromatic carbocycles. The molecule has 0 aromatic rings. The third-order valence-corrected chi connectivity index (χ3v) is 8.52. The number of unbranched alkanes of at least 4 members (excludes halogenated alkanes) is 12. The summed E-state index contributed by atoms with van der Waals surface area (Å²) >= 11 is 0. The first-order chi connectivity index (χ1) is 19.0. The van der Waals surface area contributed by atoms with E-state index in [9.17, 15) is 29.7 Å². The summed E-state index contributed by atoms with van der Waals surface area (Å²) in [5.41, 5.74) is 0. The lowest BCUT2D eigenvalue weighted by Gasteiger charge is -2.40. The fourth-order valence-corrected chi connectivity index (χ4v) is 5.14. The first-order valence-electron chi connectivity index (χ1n) is 16.2. The van der Waals surface area contributed by atoms with Crippen molar-refractivity contribution in [2.24, 2.45) is 17.8 Å². The number of hydrogen-bond donors (Lipinski definition) is 3. The van der Waals surface area contributed by atoms with Crippen LogP contribution in [-0.4, -0.2) is 63.9 Å². The number of aliphatic carboxylic acids is 3. The number of carbonyl (C=O) groups is 3. The highest BCUT2D eigenvalue weighted by atomic mass is 16.4. The normalized spacial score (nSPS) is 15.5. The van der Waals surface area contributed by atoms with Crippen molar-refractivity contribution in [2.45, 2.75) is 137 Å². The summed E-state index contributed by atoms with van der Waals surface area (Å²) in [7, 11) is 0. The van der Waals surface area contributed by atoms with Crippen LogP contribution in [0.5, 0.6) is 0 Å². The molecule has 0 aromatic heterocycles. The third kappa shape index (κ3) is 20.1. The van der Waals surface area contributed by atoms with E-state index < -0.39 is 35.7 Å². The second kappa shape index (κ2) is 23.8. The van der Waals surface area contributed by atoms with E-state index in [2.05, 4.69) is 19.1 Å². The minimum atomic E-state index is -0.825. The lowest BCUT2D eigenvalue weighted by molar-refractivity contribution is -0.929. The highest BCUT2D eigenvalue weighted by Crippen LogP contribution is 2.22. The number of quaternary nitrogens is 1. The van der Waals surface area contributed by atoms with Crippen molar-refractivity contribution in [3.05, 3.63) is 12.2 Å². The van der Waals surface area contributed by atoms with Gasteiger partial charge in [0.05, 0.1) is 43.9 Å². The highest BCUT2D eigenvalue weighted by Gasteiger charge is 2.31. The van der Waals surface area contributed by atoms with Crippen molar-refractivity contribution in [3.63, 3.8) is 0 Å². The van der Waals surface area contributed by atoms with Crippen LogP contribution in [0.25, 0.3) is 0 Å². The van der Waals surface area contributed by atoms with E-state index in [4.69, 9.17) is 0 Å². The van der Waals surface area contributed by atoms with E-state index in [0.29, 0.717) is 43.4 Å². The number of nitrogens with zero attached hydrogens (tertiary/aromatic N) is 1. The molecule has 40 heavy (non-hydrogen) atoms. The molecule has 7 heteroatoms. The van der Waals surface area contributed by atoms with Gasteiger partial charge >= 0.3 is 17.9 Å². The standard InChI is InChI=1S/C33H61NO6/c1-5-6-7-8-9-10-11-12-13-14-15-16-17-18-19-20-24-34(25-21-28(2)31(35)36,26-22-29(3)32(37)38)27-23-30(4)33(39)40/h10-11,28-30H,5-9,12-27H2,1-4H3,(H2-,35,36,37,38,39,40)/p+1/b11-10+. The Morgan fingerprint density at radius 3 is 1.20 bits per heavy atom. The molecule has 0 aliphatic heterocycles. The Kier molecular flexibility index (Phi) is 22.7. The molecule has 0 bridgehead atoms. The molecule has 7 nitrogen and oxygen atoms in total. The molecule has 0 amide bonds. The molecule has 0 saturated carbocycles. The smallest absolute Gasteiger partial charge is 0.306 e. The SMILES string of the molecule is CCCCCC/C=C/CCCCCCCCCC[N+](CCC(C)C(=O)O)(CCC(C)C(=O)O)CCC(C)C(=O)O. The minimum absolute atomic E-state index is 0.479. The van der Waals surface area contributed by atoms with Crippen LogP contribution in [0.2, 0.25) is 0 Å². The first-order valence-corrected chi connectivity index (χ1v) is 16.2. The number of carboxylic acids is 3. The summed E-state index contributed by atoms with van der Waals surface area (Å²) in [5.74, 6) is -3.91. The van der Waals surface area contributed by atoms with Gasteiger partial charge in [0.2, 0.25) is 0 Å². The molecule has 3 atom stereocenters. The van der Waals surface area contributed by atoms with Gasteiger partial charge in [-0.1, -0.05) is 91.2 Å². The van der Waals surface area contributed by atoms with E-state index >= 15 is 0 Å². The Morgan fingerprint density at radius 2 is 0.850 bits per heavy atom. The van der Waals surface area contributed by atoms with Crippen LogP contribution < -0.4 is 0 Å². The summed E-state index contributed by atoms with van der Waals surface area (Å²) in [6.07, 6.45) is 23.5. The van der Waals surface area contributed by atoms with Crippen molar-refractivity contribution in [1.82, 2.24) is 0 Å². The summed E-state index contributed by atoms with van der Waals surface area (Å²) in [4.78, 5) is 34.4. The molecule has 0 fully saturated rings. The van der Waals surface area contributed by atoms with E-state index in [1.165, 1.54) is 77.0 Å². The zero-order valence-electron chi connectivity index (χ0n) is 26.2. The predicted octanol–water partition coefficient (Wildman–Crippen LogP) is 8.17. The van der Waals surface area contributed by atoms with Crippen molar-refractivity contribution >= 4 is 17.9 Å². The first kappa shape index (κ1) is 38.1. The van der Waals surface area contributed by atoms with Crippen LogP contribution in [0, 0.1) is 17.8 Å². The predicted molar refractivity (Wildman–Crippen MR) is 163 cm³/mol. The molecular formula is C33H62NO6+. The summed E-state index contributed by atoms with van der Waals surface area (Å²) in [6.45, 7) is 10.1. The van der Waals surface area contributed by atoms with E-state index in [-0.39, 0.29) is 0 Å². The van der Waals surface area contributed by atoms with Crippen LogP contribution >= 0.6 is 0 Å². The second-order valence-electron chi connectivity index (χ2n) is 12.3. The second-order valence-corrected chi connectivity index (χ2v) is 12.3. The molecule has 0 saturated heterocycles. The van der Waals surface area contributed by atoms with E-state index in [0.717, 1.165) is 19.4 Å². The van der Waals surface area contributed by atoms with Gasteiger partial charge in [-0.05, 0) is 38.5 Å².